The predicted molar refractivity (Wildman–Crippen MR) is 91.4 cm³/mol. The first-order valence-corrected chi connectivity index (χ1v) is 8.30. The molecule has 0 unspecified atom stereocenters. The van der Waals surface area contributed by atoms with Crippen molar-refractivity contribution in [2.45, 2.75) is 71.0 Å². The van der Waals surface area contributed by atoms with Gasteiger partial charge in [-0.25, -0.2) is 4.79 Å². The molecule has 0 radical (unpaired) electrons. The van der Waals surface area contributed by atoms with Crippen molar-refractivity contribution in [2.75, 3.05) is 6.61 Å². The van der Waals surface area contributed by atoms with Crippen molar-refractivity contribution in [3.8, 4) is 0 Å². The van der Waals surface area contributed by atoms with E-state index in [1.165, 1.54) is 5.56 Å². The molecular formula is C19H30O4. The van der Waals surface area contributed by atoms with Crippen molar-refractivity contribution in [1.82, 2.24) is 0 Å². The number of carbonyl (C=O) groups excluding carboxylic acids is 1. The standard InChI is InChI=1S/C19H30O4/c1-18(2,21)13-9-15-22-17(20)23-19(3,4)14-8-12-16-10-6-5-7-11-16/h5-7,10-11,21H,8-9,12-15H2,1-4H3. The summed E-state index contributed by atoms with van der Waals surface area (Å²) in [5, 5.41) is 9.59. The third-order valence-electron chi connectivity index (χ3n) is 3.60. The summed E-state index contributed by atoms with van der Waals surface area (Å²) in [5.41, 5.74) is 0.0176. The van der Waals surface area contributed by atoms with E-state index in [1.807, 2.05) is 32.0 Å². The van der Waals surface area contributed by atoms with Crippen LogP contribution in [0.15, 0.2) is 30.3 Å². The van der Waals surface area contributed by atoms with E-state index in [-0.39, 0.29) is 6.61 Å². The molecule has 0 bridgehead atoms. The Kier molecular flexibility index (Phi) is 7.56. The number of hydrogen-bond acceptors (Lipinski definition) is 4. The van der Waals surface area contributed by atoms with E-state index in [0.29, 0.717) is 12.8 Å². The predicted octanol–water partition coefficient (Wildman–Crippen LogP) is 4.49. The average Bonchev–Trinajstić information content (AvgIpc) is 2.43. The van der Waals surface area contributed by atoms with Crippen LogP contribution in [0, 0.1) is 0 Å². The van der Waals surface area contributed by atoms with Gasteiger partial charge in [-0.15, -0.1) is 0 Å². The van der Waals surface area contributed by atoms with Crippen LogP contribution in [0.4, 0.5) is 4.79 Å². The fourth-order valence-corrected chi connectivity index (χ4v) is 2.33. The highest BCUT2D eigenvalue weighted by atomic mass is 16.7. The normalized spacial score (nSPS) is 12.0. The van der Waals surface area contributed by atoms with Crippen molar-refractivity contribution >= 4 is 6.16 Å². The molecule has 1 aromatic carbocycles. The Hall–Kier alpha value is -1.55. The largest absolute Gasteiger partial charge is 0.508 e. The lowest BCUT2D eigenvalue weighted by Crippen LogP contribution is -2.29. The van der Waals surface area contributed by atoms with Crippen LogP contribution in [0.1, 0.15) is 58.9 Å². The number of aliphatic hydroxyl groups is 1. The van der Waals surface area contributed by atoms with Crippen LogP contribution < -0.4 is 0 Å². The summed E-state index contributed by atoms with van der Waals surface area (Å²) in [4.78, 5) is 11.7. The van der Waals surface area contributed by atoms with Gasteiger partial charge in [0.1, 0.15) is 5.60 Å². The molecule has 4 heteroatoms. The first-order chi connectivity index (χ1) is 10.7. The molecule has 0 aliphatic carbocycles. The Morgan fingerprint density at radius 1 is 1.04 bits per heavy atom. The zero-order valence-electron chi connectivity index (χ0n) is 14.8. The van der Waals surface area contributed by atoms with Gasteiger partial charge >= 0.3 is 6.16 Å². The average molecular weight is 322 g/mol. The molecule has 0 saturated carbocycles. The molecule has 0 aliphatic heterocycles. The van der Waals surface area contributed by atoms with E-state index in [9.17, 15) is 9.90 Å². The van der Waals surface area contributed by atoms with E-state index in [1.54, 1.807) is 13.8 Å². The second kappa shape index (κ2) is 8.92. The van der Waals surface area contributed by atoms with Gasteiger partial charge in [0.2, 0.25) is 0 Å². The summed E-state index contributed by atoms with van der Waals surface area (Å²) in [6.07, 6.45) is 3.26. The fraction of sp³-hybridized carbons (Fsp3) is 0.632. The van der Waals surface area contributed by atoms with Crippen molar-refractivity contribution in [2.24, 2.45) is 0 Å². The molecule has 0 fully saturated rings. The highest BCUT2D eigenvalue weighted by molar-refractivity contribution is 5.60. The lowest BCUT2D eigenvalue weighted by Gasteiger charge is -2.24. The molecule has 0 saturated heterocycles. The van der Waals surface area contributed by atoms with Crippen LogP contribution in [0.3, 0.4) is 0 Å². The van der Waals surface area contributed by atoms with E-state index in [2.05, 4.69) is 12.1 Å². The summed E-state index contributed by atoms with van der Waals surface area (Å²) in [5.74, 6) is 0. The molecule has 0 aliphatic rings. The van der Waals surface area contributed by atoms with Crippen molar-refractivity contribution in [3.63, 3.8) is 0 Å². The zero-order valence-corrected chi connectivity index (χ0v) is 14.8. The number of hydrogen-bond donors (Lipinski definition) is 1. The lowest BCUT2D eigenvalue weighted by atomic mass is 9.99. The number of carbonyl (C=O) groups is 1. The van der Waals surface area contributed by atoms with Gasteiger partial charge in [0.15, 0.2) is 0 Å². The molecule has 1 rings (SSSR count). The van der Waals surface area contributed by atoms with Crippen LogP contribution in [0.5, 0.6) is 0 Å². The van der Waals surface area contributed by atoms with E-state index in [0.717, 1.165) is 19.3 Å². The van der Waals surface area contributed by atoms with Crippen molar-refractivity contribution in [3.05, 3.63) is 35.9 Å². The number of benzene rings is 1. The van der Waals surface area contributed by atoms with Gasteiger partial charge in [-0.2, -0.15) is 0 Å². The van der Waals surface area contributed by atoms with Gasteiger partial charge in [-0.3, -0.25) is 0 Å². The quantitative estimate of drug-likeness (QED) is 0.537. The van der Waals surface area contributed by atoms with Crippen LogP contribution in [0.25, 0.3) is 0 Å². The summed E-state index contributed by atoms with van der Waals surface area (Å²) < 4.78 is 10.4. The second-order valence-corrected chi connectivity index (χ2v) is 7.22. The minimum absolute atomic E-state index is 0.267. The first kappa shape index (κ1) is 19.5. The molecule has 23 heavy (non-hydrogen) atoms. The van der Waals surface area contributed by atoms with Gasteiger partial charge < -0.3 is 14.6 Å². The number of aryl methyl sites for hydroxylation is 1. The Balaban J connectivity index is 2.21. The number of rotatable bonds is 9. The fourth-order valence-electron chi connectivity index (χ4n) is 2.33. The molecular weight excluding hydrogens is 292 g/mol. The molecule has 4 nitrogen and oxygen atoms in total. The van der Waals surface area contributed by atoms with Gasteiger partial charge in [-0.1, -0.05) is 30.3 Å². The maximum Gasteiger partial charge on any atom is 0.508 e. The Morgan fingerprint density at radius 2 is 1.70 bits per heavy atom. The molecule has 0 spiro atoms. The SMILES string of the molecule is CC(C)(O)CCCOC(=O)OC(C)(C)CCCc1ccccc1. The highest BCUT2D eigenvalue weighted by Crippen LogP contribution is 2.19. The molecule has 130 valence electrons. The molecule has 0 atom stereocenters. The third kappa shape index (κ3) is 9.95. The molecule has 0 amide bonds. The van der Waals surface area contributed by atoms with Crippen LogP contribution in [-0.4, -0.2) is 29.1 Å². The monoisotopic (exact) mass is 322 g/mol. The zero-order chi connectivity index (χ0) is 17.3. The summed E-state index contributed by atoms with van der Waals surface area (Å²) in [7, 11) is 0. The van der Waals surface area contributed by atoms with Crippen LogP contribution >= 0.6 is 0 Å². The Bertz CT molecular complexity index is 460. The van der Waals surface area contributed by atoms with Crippen molar-refractivity contribution < 1.29 is 19.4 Å². The van der Waals surface area contributed by atoms with Crippen LogP contribution in [0.2, 0.25) is 0 Å². The van der Waals surface area contributed by atoms with Gasteiger partial charge in [0, 0.05) is 0 Å². The van der Waals surface area contributed by atoms with Crippen molar-refractivity contribution in [1.29, 1.82) is 0 Å². The number of ether oxygens (including phenoxy) is 2. The van der Waals surface area contributed by atoms with Crippen LogP contribution in [-0.2, 0) is 15.9 Å². The smallest absolute Gasteiger partial charge is 0.434 e. The maximum atomic E-state index is 11.7. The summed E-state index contributed by atoms with van der Waals surface area (Å²) in [6, 6.07) is 10.3. The lowest BCUT2D eigenvalue weighted by molar-refractivity contribution is -0.0242. The summed E-state index contributed by atoms with van der Waals surface area (Å²) >= 11 is 0. The maximum absolute atomic E-state index is 11.7. The second-order valence-electron chi connectivity index (χ2n) is 7.22. The van der Waals surface area contributed by atoms with E-state index < -0.39 is 17.4 Å². The molecule has 0 heterocycles. The third-order valence-corrected chi connectivity index (χ3v) is 3.60. The minimum atomic E-state index is -0.732. The highest BCUT2D eigenvalue weighted by Gasteiger charge is 2.23. The first-order valence-electron chi connectivity index (χ1n) is 8.30. The topological polar surface area (TPSA) is 55.8 Å². The Labute approximate surface area is 139 Å². The van der Waals surface area contributed by atoms with Gasteiger partial charge in [-0.05, 0) is 65.4 Å². The van der Waals surface area contributed by atoms with Gasteiger partial charge in [0.05, 0.1) is 12.2 Å². The summed E-state index contributed by atoms with van der Waals surface area (Å²) in [6.45, 7) is 7.54. The Morgan fingerprint density at radius 3 is 2.30 bits per heavy atom. The minimum Gasteiger partial charge on any atom is -0.434 e. The molecule has 0 aromatic heterocycles. The van der Waals surface area contributed by atoms with Gasteiger partial charge in [0.25, 0.3) is 0 Å². The van der Waals surface area contributed by atoms with E-state index in [4.69, 9.17) is 9.47 Å². The van der Waals surface area contributed by atoms with E-state index >= 15 is 0 Å². The molecule has 1 N–H and O–H groups in total. The molecule has 1 aromatic rings.